The van der Waals surface area contributed by atoms with Gasteiger partial charge in [0.25, 0.3) is 0 Å². The molecule has 0 bridgehead atoms. The summed E-state index contributed by atoms with van der Waals surface area (Å²) in [5.41, 5.74) is 3.76. The Balaban J connectivity index is 2.35. The molecular formula is C18H15F2NO2. The van der Waals surface area contributed by atoms with Gasteiger partial charge in [-0.25, -0.2) is 8.78 Å². The van der Waals surface area contributed by atoms with E-state index >= 15 is 0 Å². The molecule has 3 nitrogen and oxygen atoms in total. The van der Waals surface area contributed by atoms with E-state index < -0.39 is 17.6 Å². The minimum absolute atomic E-state index is 0.163. The first-order valence-electron chi connectivity index (χ1n) is 7.16. The summed E-state index contributed by atoms with van der Waals surface area (Å²) < 4.78 is 27.3. The maximum Gasteiger partial charge on any atom is 0.307 e. The van der Waals surface area contributed by atoms with Crippen LogP contribution in [0.5, 0.6) is 0 Å². The van der Waals surface area contributed by atoms with Gasteiger partial charge in [-0.1, -0.05) is 11.6 Å². The second kappa shape index (κ2) is 5.50. The molecule has 0 radical (unpaired) electrons. The van der Waals surface area contributed by atoms with Crippen molar-refractivity contribution in [2.24, 2.45) is 0 Å². The number of halogens is 2. The molecule has 0 fully saturated rings. The Labute approximate surface area is 131 Å². The van der Waals surface area contributed by atoms with E-state index in [4.69, 9.17) is 0 Å². The molecule has 0 aliphatic rings. The van der Waals surface area contributed by atoms with Crippen LogP contribution in [0.3, 0.4) is 0 Å². The summed E-state index contributed by atoms with van der Waals surface area (Å²) >= 11 is 0. The standard InChI is InChI=1S/C18H15F2NO2/c1-9-5-10(2)17-13(6-9)14(8-16(22)23)18(21-17)12-4-3-11(19)7-15(12)20/h3-7,21H,8H2,1-2H3,(H,22,23). The fourth-order valence-electron chi connectivity index (χ4n) is 2.96. The molecule has 5 heteroatoms. The van der Waals surface area contributed by atoms with Crippen molar-refractivity contribution in [1.82, 2.24) is 4.98 Å². The second-order valence-electron chi connectivity index (χ2n) is 5.68. The molecule has 0 aliphatic carbocycles. The summed E-state index contributed by atoms with van der Waals surface area (Å²) in [6, 6.07) is 7.12. The summed E-state index contributed by atoms with van der Waals surface area (Å²) in [7, 11) is 0. The molecule has 118 valence electrons. The Bertz CT molecular complexity index is 928. The van der Waals surface area contributed by atoms with Gasteiger partial charge in [-0.05, 0) is 43.2 Å². The van der Waals surface area contributed by atoms with E-state index in [0.29, 0.717) is 11.3 Å². The van der Waals surface area contributed by atoms with Gasteiger partial charge in [0.2, 0.25) is 0 Å². The van der Waals surface area contributed by atoms with Crippen molar-refractivity contribution in [1.29, 1.82) is 0 Å². The molecule has 0 aliphatic heterocycles. The van der Waals surface area contributed by atoms with Gasteiger partial charge in [0.05, 0.1) is 12.1 Å². The number of rotatable bonds is 3. The smallest absolute Gasteiger partial charge is 0.307 e. The Hall–Kier alpha value is -2.69. The SMILES string of the molecule is Cc1cc(C)c2[nH]c(-c3ccc(F)cc3F)c(CC(=O)O)c2c1. The predicted octanol–water partition coefficient (Wildman–Crippen LogP) is 4.36. The molecule has 0 unspecified atom stereocenters. The second-order valence-corrected chi connectivity index (χ2v) is 5.68. The number of carbonyl (C=O) groups is 1. The molecule has 1 heterocycles. The largest absolute Gasteiger partial charge is 0.481 e. The zero-order chi connectivity index (χ0) is 16.7. The van der Waals surface area contributed by atoms with Crippen LogP contribution in [0.1, 0.15) is 16.7 Å². The van der Waals surface area contributed by atoms with Crippen molar-refractivity contribution in [3.05, 3.63) is 58.7 Å². The number of nitrogens with one attached hydrogen (secondary N) is 1. The van der Waals surface area contributed by atoms with E-state index in [1.165, 1.54) is 6.07 Å². The highest BCUT2D eigenvalue weighted by molar-refractivity contribution is 5.95. The third-order valence-corrected chi connectivity index (χ3v) is 3.89. The summed E-state index contributed by atoms with van der Waals surface area (Å²) in [5.74, 6) is -2.40. The number of aryl methyl sites for hydroxylation is 2. The van der Waals surface area contributed by atoms with Gasteiger partial charge < -0.3 is 10.1 Å². The zero-order valence-electron chi connectivity index (χ0n) is 12.7. The van der Waals surface area contributed by atoms with E-state index in [0.717, 1.165) is 34.2 Å². The lowest BCUT2D eigenvalue weighted by Gasteiger charge is -2.05. The van der Waals surface area contributed by atoms with Gasteiger partial charge in [-0.15, -0.1) is 0 Å². The predicted molar refractivity (Wildman–Crippen MR) is 84.5 cm³/mol. The molecule has 23 heavy (non-hydrogen) atoms. The first kappa shape index (κ1) is 15.2. The minimum atomic E-state index is -1.01. The summed E-state index contributed by atoms with van der Waals surface area (Å²) in [5, 5.41) is 9.95. The number of aromatic amines is 1. The van der Waals surface area contributed by atoms with E-state index in [2.05, 4.69) is 4.98 Å². The van der Waals surface area contributed by atoms with Crippen molar-refractivity contribution in [3.63, 3.8) is 0 Å². The average molecular weight is 315 g/mol. The molecule has 0 atom stereocenters. The number of benzene rings is 2. The number of aromatic nitrogens is 1. The fraction of sp³-hybridized carbons (Fsp3) is 0.167. The van der Waals surface area contributed by atoms with Gasteiger partial charge in [-0.2, -0.15) is 0 Å². The highest BCUT2D eigenvalue weighted by atomic mass is 19.1. The van der Waals surface area contributed by atoms with Gasteiger partial charge >= 0.3 is 5.97 Å². The topological polar surface area (TPSA) is 53.1 Å². The van der Waals surface area contributed by atoms with E-state index in [9.17, 15) is 18.7 Å². The minimum Gasteiger partial charge on any atom is -0.481 e. The van der Waals surface area contributed by atoms with Crippen LogP contribution in [-0.4, -0.2) is 16.1 Å². The van der Waals surface area contributed by atoms with Crippen molar-refractivity contribution < 1.29 is 18.7 Å². The molecule has 2 N–H and O–H groups in total. The Kier molecular flexibility index (Phi) is 3.64. The zero-order valence-corrected chi connectivity index (χ0v) is 12.7. The van der Waals surface area contributed by atoms with Crippen LogP contribution in [0, 0.1) is 25.5 Å². The molecule has 0 saturated carbocycles. The maximum atomic E-state index is 14.2. The number of hydrogen-bond acceptors (Lipinski definition) is 1. The fourth-order valence-corrected chi connectivity index (χ4v) is 2.96. The Morgan fingerprint density at radius 3 is 2.57 bits per heavy atom. The molecule has 3 rings (SSSR count). The molecule has 1 aromatic heterocycles. The van der Waals surface area contributed by atoms with Crippen LogP contribution < -0.4 is 0 Å². The van der Waals surface area contributed by atoms with Gasteiger partial charge in [0.15, 0.2) is 0 Å². The summed E-state index contributed by atoms with van der Waals surface area (Å²) in [4.78, 5) is 14.4. The number of H-pyrrole nitrogens is 1. The number of aliphatic carboxylic acids is 1. The highest BCUT2D eigenvalue weighted by Gasteiger charge is 2.19. The van der Waals surface area contributed by atoms with Gasteiger partial charge in [0, 0.05) is 22.5 Å². The number of fused-ring (bicyclic) bond motifs is 1. The molecule has 0 amide bonds. The van der Waals surface area contributed by atoms with Crippen LogP contribution in [0.2, 0.25) is 0 Å². The average Bonchev–Trinajstić information content (AvgIpc) is 2.77. The lowest BCUT2D eigenvalue weighted by Crippen LogP contribution is -2.01. The third-order valence-electron chi connectivity index (χ3n) is 3.89. The summed E-state index contributed by atoms with van der Waals surface area (Å²) in [6.07, 6.45) is -0.241. The van der Waals surface area contributed by atoms with E-state index in [-0.39, 0.29) is 12.0 Å². The maximum absolute atomic E-state index is 14.2. The number of hydrogen-bond donors (Lipinski definition) is 2. The van der Waals surface area contributed by atoms with Gasteiger partial charge in [-0.3, -0.25) is 4.79 Å². The molecule has 3 aromatic rings. The molecule has 2 aromatic carbocycles. The molecule has 0 spiro atoms. The van der Waals surface area contributed by atoms with Crippen LogP contribution in [-0.2, 0) is 11.2 Å². The highest BCUT2D eigenvalue weighted by Crippen LogP contribution is 2.34. The normalized spacial score (nSPS) is 11.1. The van der Waals surface area contributed by atoms with Crippen LogP contribution in [0.4, 0.5) is 8.78 Å². The van der Waals surface area contributed by atoms with Crippen molar-refractivity contribution in [2.75, 3.05) is 0 Å². The lowest BCUT2D eigenvalue weighted by molar-refractivity contribution is -0.136. The quantitative estimate of drug-likeness (QED) is 0.754. The van der Waals surface area contributed by atoms with E-state index in [1.807, 2.05) is 26.0 Å². The Morgan fingerprint density at radius 2 is 1.91 bits per heavy atom. The Morgan fingerprint density at radius 1 is 1.17 bits per heavy atom. The summed E-state index contributed by atoms with van der Waals surface area (Å²) in [6.45, 7) is 3.82. The van der Waals surface area contributed by atoms with Crippen LogP contribution in [0.25, 0.3) is 22.2 Å². The van der Waals surface area contributed by atoms with Crippen molar-refractivity contribution in [3.8, 4) is 11.3 Å². The number of carboxylic acids is 1. The van der Waals surface area contributed by atoms with Crippen LogP contribution in [0.15, 0.2) is 30.3 Å². The molecule has 0 saturated heterocycles. The molecular weight excluding hydrogens is 300 g/mol. The third kappa shape index (κ3) is 2.70. The van der Waals surface area contributed by atoms with Gasteiger partial charge in [0.1, 0.15) is 11.6 Å². The van der Waals surface area contributed by atoms with Crippen LogP contribution >= 0.6 is 0 Å². The van der Waals surface area contributed by atoms with Crippen molar-refractivity contribution >= 4 is 16.9 Å². The van der Waals surface area contributed by atoms with Crippen molar-refractivity contribution in [2.45, 2.75) is 20.3 Å². The van der Waals surface area contributed by atoms with E-state index in [1.54, 1.807) is 0 Å². The first-order chi connectivity index (χ1) is 10.9. The lowest BCUT2D eigenvalue weighted by atomic mass is 10.00. The monoisotopic (exact) mass is 315 g/mol. The first-order valence-corrected chi connectivity index (χ1v) is 7.16. The number of carboxylic acid groups (broad SMARTS) is 1.